The van der Waals surface area contributed by atoms with Crippen molar-refractivity contribution in [1.82, 2.24) is 0 Å². The molecule has 0 fully saturated rings. The molecule has 0 unspecified atom stereocenters. The zero-order chi connectivity index (χ0) is 10.7. The molecule has 0 aliphatic carbocycles. The van der Waals surface area contributed by atoms with E-state index in [1.165, 1.54) is 0 Å². The molecule has 0 atom stereocenters. The van der Waals surface area contributed by atoms with Crippen LogP contribution in [-0.4, -0.2) is 6.29 Å². The van der Waals surface area contributed by atoms with E-state index in [1.807, 2.05) is 55.5 Å². The van der Waals surface area contributed by atoms with Crippen molar-refractivity contribution in [3.05, 3.63) is 59.7 Å². The molecule has 0 aliphatic heterocycles. The van der Waals surface area contributed by atoms with Crippen LogP contribution in [0, 0.1) is 6.92 Å². The van der Waals surface area contributed by atoms with Gasteiger partial charge in [0, 0.05) is 5.56 Å². The molecule has 0 spiro atoms. The molecule has 0 N–H and O–H groups in total. The molecule has 0 aromatic heterocycles. The van der Waals surface area contributed by atoms with Gasteiger partial charge in [-0.05, 0) is 23.6 Å². The van der Waals surface area contributed by atoms with Gasteiger partial charge in [0.2, 0.25) is 0 Å². The normalized spacial score (nSPS) is 9.93. The zero-order valence-electron chi connectivity index (χ0n) is 8.60. The number of benzene rings is 2. The van der Waals surface area contributed by atoms with Crippen molar-refractivity contribution in [1.29, 1.82) is 0 Å². The highest BCUT2D eigenvalue weighted by Crippen LogP contribution is 2.25. The van der Waals surface area contributed by atoms with E-state index in [-0.39, 0.29) is 0 Å². The lowest BCUT2D eigenvalue weighted by Crippen LogP contribution is -1.90. The Morgan fingerprint density at radius 2 is 1.67 bits per heavy atom. The van der Waals surface area contributed by atoms with E-state index in [1.54, 1.807) is 0 Å². The van der Waals surface area contributed by atoms with Gasteiger partial charge in [0.25, 0.3) is 0 Å². The predicted octanol–water partition coefficient (Wildman–Crippen LogP) is 3.47. The lowest BCUT2D eigenvalue weighted by Gasteiger charge is -2.08. The summed E-state index contributed by atoms with van der Waals surface area (Å²) in [4.78, 5) is 11.0. The summed E-state index contributed by atoms with van der Waals surface area (Å²) in [5.74, 6) is 0. The van der Waals surface area contributed by atoms with Gasteiger partial charge in [-0.1, -0.05) is 48.5 Å². The SMILES string of the molecule is Cc1cccc(C=O)c1-c1ccccc1. The van der Waals surface area contributed by atoms with Crippen LogP contribution in [0.2, 0.25) is 0 Å². The summed E-state index contributed by atoms with van der Waals surface area (Å²) >= 11 is 0. The van der Waals surface area contributed by atoms with Crippen LogP contribution in [0.5, 0.6) is 0 Å². The maximum Gasteiger partial charge on any atom is 0.150 e. The highest BCUT2D eigenvalue weighted by molar-refractivity contribution is 5.88. The minimum Gasteiger partial charge on any atom is -0.298 e. The molecule has 1 heteroatoms. The maximum absolute atomic E-state index is 11.0. The number of aldehydes is 1. The summed E-state index contributed by atoms with van der Waals surface area (Å²) in [6.07, 6.45) is 0.912. The molecule has 2 aromatic rings. The Hall–Kier alpha value is -1.89. The van der Waals surface area contributed by atoms with E-state index in [0.29, 0.717) is 0 Å². The van der Waals surface area contributed by atoms with Gasteiger partial charge < -0.3 is 0 Å². The minimum absolute atomic E-state index is 0.751. The molecule has 15 heavy (non-hydrogen) atoms. The summed E-state index contributed by atoms with van der Waals surface area (Å²) in [5.41, 5.74) is 4.01. The largest absolute Gasteiger partial charge is 0.298 e. The Kier molecular flexibility index (Phi) is 2.64. The third-order valence-corrected chi connectivity index (χ3v) is 2.49. The molecule has 74 valence electrons. The third-order valence-electron chi connectivity index (χ3n) is 2.49. The fraction of sp³-hybridized carbons (Fsp3) is 0.0714. The van der Waals surface area contributed by atoms with Crippen molar-refractivity contribution in [3.63, 3.8) is 0 Å². The van der Waals surface area contributed by atoms with Gasteiger partial charge >= 0.3 is 0 Å². The molecule has 2 aromatic carbocycles. The summed E-state index contributed by atoms with van der Waals surface area (Å²) < 4.78 is 0. The number of aryl methyl sites for hydroxylation is 1. The van der Waals surface area contributed by atoms with Crippen LogP contribution in [0.3, 0.4) is 0 Å². The van der Waals surface area contributed by atoms with Crippen molar-refractivity contribution < 1.29 is 4.79 Å². The summed E-state index contributed by atoms with van der Waals surface area (Å²) in [6.45, 7) is 2.02. The summed E-state index contributed by atoms with van der Waals surface area (Å²) in [6, 6.07) is 15.8. The smallest absolute Gasteiger partial charge is 0.150 e. The molecule has 0 radical (unpaired) electrons. The average molecular weight is 196 g/mol. The first-order chi connectivity index (χ1) is 7.33. The van der Waals surface area contributed by atoms with Gasteiger partial charge in [0.05, 0.1) is 0 Å². The first kappa shape index (κ1) is 9.66. The second-order valence-corrected chi connectivity index (χ2v) is 3.52. The topological polar surface area (TPSA) is 17.1 Å². The number of carbonyl (C=O) groups is 1. The molecule has 0 saturated carbocycles. The highest BCUT2D eigenvalue weighted by atomic mass is 16.1. The molecule has 0 aliphatic rings. The number of hydrogen-bond acceptors (Lipinski definition) is 1. The minimum atomic E-state index is 0.751. The first-order valence-corrected chi connectivity index (χ1v) is 4.93. The lowest BCUT2D eigenvalue weighted by atomic mass is 9.96. The fourth-order valence-electron chi connectivity index (χ4n) is 1.79. The molecule has 0 bridgehead atoms. The molecule has 0 amide bonds. The summed E-state index contributed by atoms with van der Waals surface area (Å²) in [5, 5.41) is 0. The van der Waals surface area contributed by atoms with Crippen LogP contribution in [-0.2, 0) is 0 Å². The second kappa shape index (κ2) is 4.09. The van der Waals surface area contributed by atoms with Crippen molar-refractivity contribution >= 4 is 6.29 Å². The molecular weight excluding hydrogens is 184 g/mol. The predicted molar refractivity (Wildman–Crippen MR) is 62.0 cm³/mol. The molecule has 1 nitrogen and oxygen atoms in total. The van der Waals surface area contributed by atoms with E-state index < -0.39 is 0 Å². The fourth-order valence-corrected chi connectivity index (χ4v) is 1.79. The van der Waals surface area contributed by atoms with Crippen LogP contribution in [0.25, 0.3) is 11.1 Å². The Morgan fingerprint density at radius 1 is 0.933 bits per heavy atom. The van der Waals surface area contributed by atoms with Gasteiger partial charge in [-0.25, -0.2) is 0 Å². The number of rotatable bonds is 2. The van der Waals surface area contributed by atoms with Gasteiger partial charge in [-0.2, -0.15) is 0 Å². The Bertz CT molecular complexity index is 472. The first-order valence-electron chi connectivity index (χ1n) is 4.93. The van der Waals surface area contributed by atoms with Crippen LogP contribution in [0.15, 0.2) is 48.5 Å². The van der Waals surface area contributed by atoms with Crippen molar-refractivity contribution in [2.75, 3.05) is 0 Å². The van der Waals surface area contributed by atoms with Crippen molar-refractivity contribution in [3.8, 4) is 11.1 Å². The lowest BCUT2D eigenvalue weighted by molar-refractivity contribution is 0.112. The standard InChI is InChI=1S/C14H12O/c1-11-6-5-9-13(10-15)14(11)12-7-3-2-4-8-12/h2-10H,1H3. The van der Waals surface area contributed by atoms with Crippen LogP contribution >= 0.6 is 0 Å². The van der Waals surface area contributed by atoms with Crippen molar-refractivity contribution in [2.24, 2.45) is 0 Å². The average Bonchev–Trinajstić information content (AvgIpc) is 2.29. The Labute approximate surface area is 89.4 Å². The molecule has 0 heterocycles. The van der Waals surface area contributed by atoms with Crippen LogP contribution in [0.4, 0.5) is 0 Å². The highest BCUT2D eigenvalue weighted by Gasteiger charge is 2.06. The van der Waals surface area contributed by atoms with Crippen molar-refractivity contribution in [2.45, 2.75) is 6.92 Å². The Morgan fingerprint density at radius 3 is 2.33 bits per heavy atom. The quantitative estimate of drug-likeness (QED) is 0.672. The van der Waals surface area contributed by atoms with Gasteiger partial charge in [0.15, 0.2) is 6.29 Å². The van der Waals surface area contributed by atoms with Gasteiger partial charge in [0.1, 0.15) is 0 Å². The van der Waals surface area contributed by atoms with E-state index >= 15 is 0 Å². The monoisotopic (exact) mass is 196 g/mol. The van der Waals surface area contributed by atoms with E-state index in [4.69, 9.17) is 0 Å². The van der Waals surface area contributed by atoms with E-state index in [9.17, 15) is 4.79 Å². The van der Waals surface area contributed by atoms with Crippen LogP contribution < -0.4 is 0 Å². The van der Waals surface area contributed by atoms with E-state index in [2.05, 4.69) is 0 Å². The van der Waals surface area contributed by atoms with E-state index in [0.717, 1.165) is 28.5 Å². The maximum atomic E-state index is 11.0. The van der Waals surface area contributed by atoms with Gasteiger partial charge in [-0.15, -0.1) is 0 Å². The second-order valence-electron chi connectivity index (χ2n) is 3.52. The number of carbonyl (C=O) groups excluding carboxylic acids is 1. The molecule has 0 saturated heterocycles. The Balaban J connectivity index is 2.66. The zero-order valence-corrected chi connectivity index (χ0v) is 8.60. The third kappa shape index (κ3) is 1.82. The van der Waals surface area contributed by atoms with Crippen LogP contribution in [0.1, 0.15) is 15.9 Å². The number of hydrogen-bond donors (Lipinski definition) is 0. The molecule has 2 rings (SSSR count). The van der Waals surface area contributed by atoms with Gasteiger partial charge in [-0.3, -0.25) is 4.79 Å². The summed E-state index contributed by atoms with van der Waals surface area (Å²) in [7, 11) is 0. The molecular formula is C14H12O.